The van der Waals surface area contributed by atoms with Gasteiger partial charge in [-0.3, -0.25) is 4.79 Å². The van der Waals surface area contributed by atoms with Crippen molar-refractivity contribution < 1.29 is 9.53 Å². The Morgan fingerprint density at radius 1 is 1.40 bits per heavy atom. The van der Waals surface area contributed by atoms with Crippen molar-refractivity contribution in [1.29, 1.82) is 0 Å². The highest BCUT2D eigenvalue weighted by molar-refractivity contribution is 5.97. The molecule has 0 N–H and O–H groups in total. The number of rotatable bonds is 5. The molecule has 86 valence electrons. The largest absolute Gasteiger partial charge is 0.493 e. The normalized spacial score (nSPS) is 11.3. The van der Waals surface area contributed by atoms with Gasteiger partial charge >= 0.3 is 0 Å². The average molecular weight is 210 g/mol. The van der Waals surface area contributed by atoms with Crippen molar-refractivity contribution in [3.63, 3.8) is 0 Å². The first-order valence-corrected chi connectivity index (χ1v) is 5.30. The molecule has 0 aliphatic carbocycles. The van der Waals surface area contributed by atoms with E-state index in [0.717, 1.165) is 0 Å². The van der Waals surface area contributed by atoms with Gasteiger partial charge in [0.25, 0.3) is 0 Å². The summed E-state index contributed by atoms with van der Waals surface area (Å²) >= 11 is 0. The van der Waals surface area contributed by atoms with Crippen molar-refractivity contribution >= 4 is 5.78 Å². The van der Waals surface area contributed by atoms with E-state index in [4.69, 9.17) is 4.74 Å². The van der Waals surface area contributed by atoms with Gasteiger partial charge in [0.1, 0.15) is 5.76 Å². The quantitative estimate of drug-likeness (QED) is 0.393. The molecule has 0 aliphatic rings. The summed E-state index contributed by atoms with van der Waals surface area (Å²) in [4.78, 5) is 11.1. The Balaban J connectivity index is 0. The Kier molecular flexibility index (Phi) is 11.6. The van der Waals surface area contributed by atoms with Crippen LogP contribution in [-0.2, 0) is 9.53 Å². The summed E-state index contributed by atoms with van der Waals surface area (Å²) in [6.45, 7) is 13.3. The first kappa shape index (κ1) is 16.1. The van der Waals surface area contributed by atoms with Gasteiger partial charge in [0.05, 0.1) is 12.2 Å². The minimum absolute atomic E-state index is 0.00375. The zero-order chi connectivity index (χ0) is 12.3. The van der Waals surface area contributed by atoms with Crippen molar-refractivity contribution in [2.75, 3.05) is 6.61 Å². The van der Waals surface area contributed by atoms with E-state index in [2.05, 4.69) is 6.58 Å². The van der Waals surface area contributed by atoms with Gasteiger partial charge < -0.3 is 4.74 Å². The summed E-state index contributed by atoms with van der Waals surface area (Å²) in [5.41, 5.74) is 0.599. The Morgan fingerprint density at radius 2 is 1.93 bits per heavy atom. The lowest BCUT2D eigenvalue weighted by Gasteiger charge is -2.08. The third-order valence-corrected chi connectivity index (χ3v) is 1.50. The summed E-state index contributed by atoms with van der Waals surface area (Å²) < 4.78 is 5.30. The van der Waals surface area contributed by atoms with Crippen LogP contribution in [0.2, 0.25) is 0 Å². The highest BCUT2D eigenvalue weighted by Crippen LogP contribution is 2.12. The molecule has 0 aromatic heterocycles. The molecular weight excluding hydrogens is 188 g/mol. The van der Waals surface area contributed by atoms with E-state index in [9.17, 15) is 4.79 Å². The van der Waals surface area contributed by atoms with E-state index >= 15 is 0 Å². The SMILES string of the molecule is C=C/C=C(OCC)\C(=C/C)C(C)=O.CC. The second-order valence-electron chi connectivity index (χ2n) is 2.46. The summed E-state index contributed by atoms with van der Waals surface area (Å²) in [7, 11) is 0. The summed E-state index contributed by atoms with van der Waals surface area (Å²) in [6.07, 6.45) is 5.05. The van der Waals surface area contributed by atoms with E-state index < -0.39 is 0 Å². The molecule has 0 atom stereocenters. The number of hydrogen-bond acceptors (Lipinski definition) is 2. The maximum absolute atomic E-state index is 11.1. The van der Waals surface area contributed by atoms with Gasteiger partial charge in [-0.15, -0.1) is 0 Å². The predicted octanol–water partition coefficient (Wildman–Crippen LogP) is 3.65. The molecule has 2 heteroatoms. The highest BCUT2D eigenvalue weighted by atomic mass is 16.5. The third kappa shape index (κ3) is 6.72. The summed E-state index contributed by atoms with van der Waals surface area (Å²) in [5.74, 6) is 0.594. The van der Waals surface area contributed by atoms with Gasteiger partial charge in [0.15, 0.2) is 5.78 Å². The van der Waals surface area contributed by atoms with Crippen LogP contribution in [0, 0.1) is 0 Å². The smallest absolute Gasteiger partial charge is 0.163 e. The number of carbonyl (C=O) groups is 1. The molecule has 0 aliphatic heterocycles. The second kappa shape index (κ2) is 10.8. The fourth-order valence-corrected chi connectivity index (χ4v) is 0.997. The van der Waals surface area contributed by atoms with Crippen LogP contribution in [-0.4, -0.2) is 12.4 Å². The van der Waals surface area contributed by atoms with Gasteiger partial charge in [-0.25, -0.2) is 0 Å². The lowest BCUT2D eigenvalue weighted by Crippen LogP contribution is -2.03. The number of ketones is 1. The van der Waals surface area contributed by atoms with Crippen molar-refractivity contribution in [3.05, 3.63) is 36.1 Å². The van der Waals surface area contributed by atoms with Gasteiger partial charge in [0, 0.05) is 0 Å². The number of ether oxygens (including phenoxy) is 1. The fourth-order valence-electron chi connectivity index (χ4n) is 0.997. The molecule has 2 nitrogen and oxygen atoms in total. The van der Waals surface area contributed by atoms with E-state index in [0.29, 0.717) is 17.9 Å². The topological polar surface area (TPSA) is 26.3 Å². The van der Waals surface area contributed by atoms with Crippen LogP contribution in [0.4, 0.5) is 0 Å². The molecular formula is C13H22O2. The van der Waals surface area contributed by atoms with Gasteiger partial charge in [-0.05, 0) is 26.8 Å². The van der Waals surface area contributed by atoms with Gasteiger partial charge in [-0.2, -0.15) is 0 Å². The molecule has 0 radical (unpaired) electrons. The first-order chi connectivity index (χ1) is 7.17. The first-order valence-electron chi connectivity index (χ1n) is 5.30. The van der Waals surface area contributed by atoms with Crippen LogP contribution in [0.1, 0.15) is 34.6 Å². The number of hydrogen-bond donors (Lipinski definition) is 0. The van der Waals surface area contributed by atoms with Gasteiger partial charge in [0.2, 0.25) is 0 Å². The maximum atomic E-state index is 11.1. The zero-order valence-electron chi connectivity index (χ0n) is 10.5. The Bertz CT molecular complexity index is 247. The molecule has 0 bridgehead atoms. The molecule has 0 amide bonds. The molecule has 15 heavy (non-hydrogen) atoms. The molecule has 0 aromatic rings. The minimum atomic E-state index is 0.00375. The molecule has 0 rings (SSSR count). The maximum Gasteiger partial charge on any atom is 0.163 e. The van der Waals surface area contributed by atoms with Crippen molar-refractivity contribution in [3.8, 4) is 0 Å². The molecule has 0 spiro atoms. The predicted molar refractivity (Wildman–Crippen MR) is 65.7 cm³/mol. The standard InChI is InChI=1S/C11H16O2.C2H6/c1-5-8-11(13-7-3)10(6-2)9(4)12;1-2/h5-6,8H,1,7H2,2-4H3;1-2H3/b10-6-,11-8+;. The van der Waals surface area contributed by atoms with Crippen LogP contribution < -0.4 is 0 Å². The Labute approximate surface area is 93.3 Å². The summed E-state index contributed by atoms with van der Waals surface area (Å²) in [5, 5.41) is 0. The monoisotopic (exact) mass is 210 g/mol. The van der Waals surface area contributed by atoms with E-state index in [1.165, 1.54) is 6.92 Å². The third-order valence-electron chi connectivity index (χ3n) is 1.50. The van der Waals surface area contributed by atoms with Gasteiger partial charge in [-0.1, -0.05) is 32.6 Å². The minimum Gasteiger partial charge on any atom is -0.493 e. The van der Waals surface area contributed by atoms with Crippen LogP contribution in [0.25, 0.3) is 0 Å². The Hall–Kier alpha value is -1.31. The van der Waals surface area contributed by atoms with E-state index in [1.807, 2.05) is 27.7 Å². The fraction of sp³-hybridized carbons (Fsp3) is 0.462. The van der Waals surface area contributed by atoms with Crippen LogP contribution in [0.15, 0.2) is 36.1 Å². The molecule has 0 saturated carbocycles. The van der Waals surface area contributed by atoms with Crippen molar-refractivity contribution in [1.82, 2.24) is 0 Å². The number of Topliss-reactive ketones (excluding diaryl/α,β-unsaturated/α-hetero) is 1. The van der Waals surface area contributed by atoms with E-state index in [1.54, 1.807) is 18.2 Å². The highest BCUT2D eigenvalue weighted by Gasteiger charge is 2.08. The van der Waals surface area contributed by atoms with Crippen LogP contribution in [0.5, 0.6) is 0 Å². The van der Waals surface area contributed by atoms with E-state index in [-0.39, 0.29) is 5.78 Å². The molecule has 0 fully saturated rings. The lowest BCUT2D eigenvalue weighted by molar-refractivity contribution is -0.113. The molecule has 0 saturated heterocycles. The Morgan fingerprint density at radius 3 is 2.20 bits per heavy atom. The zero-order valence-corrected chi connectivity index (χ0v) is 10.5. The van der Waals surface area contributed by atoms with Crippen LogP contribution >= 0.6 is 0 Å². The number of allylic oxidation sites excluding steroid dienone is 4. The van der Waals surface area contributed by atoms with Crippen molar-refractivity contribution in [2.24, 2.45) is 0 Å². The molecule has 0 unspecified atom stereocenters. The number of carbonyl (C=O) groups excluding carboxylic acids is 1. The van der Waals surface area contributed by atoms with Crippen molar-refractivity contribution in [2.45, 2.75) is 34.6 Å². The lowest BCUT2D eigenvalue weighted by atomic mass is 10.1. The second-order valence-corrected chi connectivity index (χ2v) is 2.46. The van der Waals surface area contributed by atoms with Crippen LogP contribution in [0.3, 0.4) is 0 Å². The molecule has 0 heterocycles. The summed E-state index contributed by atoms with van der Waals surface area (Å²) in [6, 6.07) is 0. The average Bonchev–Trinajstić information content (AvgIpc) is 2.22. The molecule has 0 aromatic carbocycles.